The van der Waals surface area contributed by atoms with Crippen molar-refractivity contribution in [1.29, 1.82) is 0 Å². The first kappa shape index (κ1) is 13.5. The van der Waals surface area contributed by atoms with Crippen molar-refractivity contribution in [3.05, 3.63) is 42.0 Å². The number of rotatable bonds is 3. The van der Waals surface area contributed by atoms with Crippen LogP contribution in [0.15, 0.2) is 39.9 Å². The van der Waals surface area contributed by atoms with Gasteiger partial charge in [0.1, 0.15) is 12.1 Å². The third kappa shape index (κ3) is 3.09. The Kier molecular flexibility index (Phi) is 3.54. The molecule has 0 unspecified atom stereocenters. The number of nitrogens with one attached hydrogen (secondary N) is 1. The lowest BCUT2D eigenvalue weighted by molar-refractivity contribution is 0.101. The van der Waals surface area contributed by atoms with Gasteiger partial charge in [-0.15, -0.1) is 0 Å². The van der Waals surface area contributed by atoms with Crippen molar-refractivity contribution in [1.82, 2.24) is 5.16 Å². The lowest BCUT2D eigenvalue weighted by Gasteiger charge is -2.05. The first-order valence-electron chi connectivity index (χ1n) is 4.84. The minimum absolute atomic E-state index is 0.0339. The molecule has 0 spiro atoms. The van der Waals surface area contributed by atoms with Gasteiger partial charge in [0.25, 0.3) is 15.0 Å². The third-order valence-corrected chi connectivity index (χ3v) is 3.49. The normalized spacial score (nSPS) is 11.3. The van der Waals surface area contributed by atoms with Crippen LogP contribution in [0.2, 0.25) is 0 Å². The van der Waals surface area contributed by atoms with Crippen LogP contribution >= 0.6 is 10.7 Å². The van der Waals surface area contributed by atoms with Gasteiger partial charge in [-0.1, -0.05) is 5.16 Å². The van der Waals surface area contributed by atoms with Gasteiger partial charge in [0.15, 0.2) is 5.69 Å². The number of hydrogen-bond donors (Lipinski definition) is 1. The zero-order valence-corrected chi connectivity index (χ0v) is 10.7. The van der Waals surface area contributed by atoms with E-state index in [1.165, 1.54) is 12.3 Å². The number of halogens is 2. The summed E-state index contributed by atoms with van der Waals surface area (Å²) in [5.74, 6) is -1.62. The fraction of sp³-hybridized carbons (Fsp3) is 0. The van der Waals surface area contributed by atoms with Crippen LogP contribution in [0.4, 0.5) is 10.1 Å². The molecule has 1 amide bonds. The minimum atomic E-state index is -4.02. The summed E-state index contributed by atoms with van der Waals surface area (Å²) >= 11 is 0. The Labute approximate surface area is 111 Å². The van der Waals surface area contributed by atoms with Gasteiger partial charge >= 0.3 is 0 Å². The lowest BCUT2D eigenvalue weighted by atomic mass is 10.3. The Morgan fingerprint density at radius 2 is 2.11 bits per heavy atom. The summed E-state index contributed by atoms with van der Waals surface area (Å²) < 4.78 is 40.1. The van der Waals surface area contributed by atoms with Gasteiger partial charge in [-0.2, -0.15) is 0 Å². The second-order valence-corrected chi connectivity index (χ2v) is 5.98. The Bertz CT molecular complexity index is 715. The molecular formula is C10H6ClFN2O4S. The Morgan fingerprint density at radius 3 is 2.63 bits per heavy atom. The molecule has 1 aromatic heterocycles. The van der Waals surface area contributed by atoms with Crippen molar-refractivity contribution in [2.75, 3.05) is 5.32 Å². The summed E-state index contributed by atoms with van der Waals surface area (Å²) in [5, 5.41) is 5.59. The molecule has 1 aromatic carbocycles. The van der Waals surface area contributed by atoms with Gasteiger partial charge in [-0.05, 0) is 18.2 Å². The largest absolute Gasteiger partial charge is 0.364 e. The van der Waals surface area contributed by atoms with Crippen molar-refractivity contribution >= 4 is 31.3 Å². The molecule has 2 aromatic rings. The Hall–Kier alpha value is -1.93. The van der Waals surface area contributed by atoms with Gasteiger partial charge < -0.3 is 9.84 Å². The number of benzene rings is 1. The molecule has 0 saturated heterocycles. The Morgan fingerprint density at radius 1 is 1.37 bits per heavy atom. The minimum Gasteiger partial charge on any atom is -0.364 e. The van der Waals surface area contributed by atoms with Gasteiger partial charge in [-0.3, -0.25) is 4.79 Å². The molecule has 0 aliphatic heterocycles. The number of nitrogens with zero attached hydrogens (tertiary/aromatic N) is 1. The van der Waals surface area contributed by atoms with Crippen LogP contribution in [0.25, 0.3) is 0 Å². The number of carbonyl (C=O) groups is 1. The topological polar surface area (TPSA) is 89.3 Å². The molecule has 0 saturated carbocycles. The summed E-state index contributed by atoms with van der Waals surface area (Å²) in [6.07, 6.45) is 1.19. The molecule has 100 valence electrons. The van der Waals surface area contributed by atoms with Crippen LogP contribution in [0.5, 0.6) is 0 Å². The summed E-state index contributed by atoms with van der Waals surface area (Å²) in [6, 6.07) is 4.16. The second kappa shape index (κ2) is 4.98. The highest BCUT2D eigenvalue weighted by Crippen LogP contribution is 2.21. The predicted molar refractivity (Wildman–Crippen MR) is 63.9 cm³/mol. The molecule has 0 aliphatic carbocycles. The fourth-order valence-corrected chi connectivity index (χ4v) is 2.03. The smallest absolute Gasteiger partial charge is 0.277 e. The van der Waals surface area contributed by atoms with E-state index in [-0.39, 0.29) is 11.4 Å². The molecule has 0 radical (unpaired) electrons. The van der Waals surface area contributed by atoms with Crippen molar-refractivity contribution < 1.29 is 22.1 Å². The summed E-state index contributed by atoms with van der Waals surface area (Å²) in [6.45, 7) is 0. The first-order valence-corrected chi connectivity index (χ1v) is 7.15. The number of hydrogen-bond acceptors (Lipinski definition) is 5. The lowest BCUT2D eigenvalue weighted by Crippen LogP contribution is -2.13. The zero-order chi connectivity index (χ0) is 14.0. The van der Waals surface area contributed by atoms with Gasteiger partial charge in [-0.25, -0.2) is 12.8 Å². The van der Waals surface area contributed by atoms with Gasteiger partial charge in [0, 0.05) is 16.7 Å². The molecule has 0 atom stereocenters. The molecule has 1 N–H and O–H groups in total. The monoisotopic (exact) mass is 304 g/mol. The van der Waals surface area contributed by atoms with E-state index in [4.69, 9.17) is 10.7 Å². The maximum absolute atomic E-state index is 13.6. The van der Waals surface area contributed by atoms with E-state index in [1.54, 1.807) is 0 Å². The van der Waals surface area contributed by atoms with Crippen molar-refractivity contribution in [2.45, 2.75) is 4.90 Å². The second-order valence-electron chi connectivity index (χ2n) is 3.42. The average molecular weight is 305 g/mol. The predicted octanol–water partition coefficient (Wildman–Crippen LogP) is 1.99. The molecule has 6 nitrogen and oxygen atoms in total. The zero-order valence-electron chi connectivity index (χ0n) is 9.13. The number of carbonyl (C=O) groups excluding carboxylic acids is 1. The summed E-state index contributed by atoms with van der Waals surface area (Å²) in [4.78, 5) is 11.2. The number of aromatic nitrogens is 1. The van der Waals surface area contributed by atoms with E-state index >= 15 is 0 Å². The maximum Gasteiger partial charge on any atom is 0.277 e. The highest BCUT2D eigenvalue weighted by Gasteiger charge is 2.16. The van der Waals surface area contributed by atoms with E-state index in [9.17, 15) is 17.6 Å². The number of amides is 1. The van der Waals surface area contributed by atoms with E-state index in [1.807, 2.05) is 0 Å². The van der Waals surface area contributed by atoms with Crippen LogP contribution in [-0.4, -0.2) is 19.5 Å². The van der Waals surface area contributed by atoms with Gasteiger partial charge in [0.2, 0.25) is 0 Å². The Balaban J connectivity index is 2.25. The van der Waals surface area contributed by atoms with E-state index in [2.05, 4.69) is 15.0 Å². The molecule has 2 rings (SSSR count). The molecule has 0 fully saturated rings. The third-order valence-electron chi connectivity index (χ3n) is 2.14. The van der Waals surface area contributed by atoms with Crippen LogP contribution in [0.1, 0.15) is 10.5 Å². The summed E-state index contributed by atoms with van der Waals surface area (Å²) in [5.41, 5.74) is -0.231. The number of anilines is 1. The molecule has 19 heavy (non-hydrogen) atoms. The molecular weight excluding hydrogens is 299 g/mol. The highest BCUT2D eigenvalue weighted by atomic mass is 35.7. The van der Waals surface area contributed by atoms with Gasteiger partial charge in [0.05, 0.1) is 10.6 Å². The first-order chi connectivity index (χ1) is 8.88. The standard InChI is InChI=1S/C10H6ClFN2O4S/c11-19(16,17)6-1-2-8(7(12)5-6)13-10(15)9-3-4-18-14-9/h1-5H,(H,13,15). The van der Waals surface area contributed by atoms with E-state index in [0.29, 0.717) is 6.07 Å². The van der Waals surface area contributed by atoms with Crippen LogP contribution in [0.3, 0.4) is 0 Å². The van der Waals surface area contributed by atoms with E-state index < -0.39 is 25.7 Å². The van der Waals surface area contributed by atoms with Crippen molar-refractivity contribution in [3.63, 3.8) is 0 Å². The molecule has 9 heteroatoms. The highest BCUT2D eigenvalue weighted by molar-refractivity contribution is 8.13. The van der Waals surface area contributed by atoms with Crippen LogP contribution in [-0.2, 0) is 9.05 Å². The van der Waals surface area contributed by atoms with Crippen molar-refractivity contribution in [3.8, 4) is 0 Å². The maximum atomic E-state index is 13.6. The molecule has 1 heterocycles. The summed E-state index contributed by atoms with van der Waals surface area (Å²) in [7, 11) is 1.04. The SMILES string of the molecule is O=C(Nc1ccc(S(=O)(=O)Cl)cc1F)c1ccon1. The molecule has 0 aliphatic rings. The van der Waals surface area contributed by atoms with Crippen molar-refractivity contribution in [2.24, 2.45) is 0 Å². The quantitative estimate of drug-likeness (QED) is 0.876. The van der Waals surface area contributed by atoms with Crippen LogP contribution < -0.4 is 5.32 Å². The fourth-order valence-electron chi connectivity index (χ4n) is 1.26. The average Bonchev–Trinajstić information content (AvgIpc) is 2.84. The molecule has 0 bridgehead atoms. The van der Waals surface area contributed by atoms with Crippen LogP contribution in [0, 0.1) is 5.82 Å². The van der Waals surface area contributed by atoms with E-state index in [0.717, 1.165) is 12.1 Å².